The molecule has 2 aromatic rings. The Morgan fingerprint density at radius 2 is 1.80 bits per heavy atom. The summed E-state index contributed by atoms with van der Waals surface area (Å²) in [5.41, 5.74) is 0.671. The number of anilines is 1. The van der Waals surface area contributed by atoms with Gasteiger partial charge in [0.1, 0.15) is 5.82 Å². The molecule has 0 aliphatic rings. The summed E-state index contributed by atoms with van der Waals surface area (Å²) in [6.07, 6.45) is -1.05. The smallest absolute Gasteiger partial charge is 0.159 e. The average Bonchev–Trinajstić information content (AvgIpc) is 2.40. The number of benzene rings is 2. The summed E-state index contributed by atoms with van der Waals surface area (Å²) in [5, 5.41) is 12.9. The summed E-state index contributed by atoms with van der Waals surface area (Å²) in [6, 6.07) is 6.94. The van der Waals surface area contributed by atoms with Gasteiger partial charge in [-0.2, -0.15) is 0 Å². The Hall–Kier alpha value is -1.72. The number of rotatable bonds is 4. The van der Waals surface area contributed by atoms with Crippen molar-refractivity contribution in [1.29, 1.82) is 0 Å². The normalized spacial score (nSPS) is 12.2. The summed E-state index contributed by atoms with van der Waals surface area (Å²) < 4.78 is 38.7. The fraction of sp³-hybridized carbons (Fsp3) is 0.143. The molecule has 0 saturated heterocycles. The molecule has 0 spiro atoms. The van der Waals surface area contributed by atoms with Crippen LogP contribution in [0.5, 0.6) is 0 Å². The van der Waals surface area contributed by atoms with Gasteiger partial charge in [0, 0.05) is 6.54 Å². The van der Waals surface area contributed by atoms with E-state index in [1.165, 1.54) is 18.2 Å². The van der Waals surface area contributed by atoms with Crippen LogP contribution in [0.1, 0.15) is 11.7 Å². The topological polar surface area (TPSA) is 32.3 Å². The van der Waals surface area contributed by atoms with Crippen molar-refractivity contribution < 1.29 is 18.3 Å². The highest BCUT2D eigenvalue weighted by Gasteiger charge is 2.11. The van der Waals surface area contributed by atoms with E-state index >= 15 is 0 Å². The molecule has 0 bridgehead atoms. The van der Waals surface area contributed by atoms with E-state index in [9.17, 15) is 18.3 Å². The van der Waals surface area contributed by atoms with E-state index in [0.29, 0.717) is 5.69 Å². The number of halogens is 4. The Labute approximate surface area is 118 Å². The van der Waals surface area contributed by atoms with Crippen LogP contribution in [0.25, 0.3) is 0 Å². The van der Waals surface area contributed by atoms with E-state index in [1.807, 2.05) is 0 Å². The van der Waals surface area contributed by atoms with Crippen LogP contribution in [0, 0.1) is 17.5 Å². The molecule has 0 radical (unpaired) electrons. The van der Waals surface area contributed by atoms with E-state index in [4.69, 9.17) is 11.6 Å². The van der Waals surface area contributed by atoms with Crippen molar-refractivity contribution in [2.75, 3.05) is 11.9 Å². The molecule has 2 nitrogen and oxygen atoms in total. The van der Waals surface area contributed by atoms with Crippen LogP contribution in [0.15, 0.2) is 36.4 Å². The first-order chi connectivity index (χ1) is 9.47. The fourth-order valence-electron chi connectivity index (χ4n) is 1.68. The third-order valence-corrected chi connectivity index (χ3v) is 3.06. The van der Waals surface area contributed by atoms with Crippen LogP contribution in [0.2, 0.25) is 5.02 Å². The van der Waals surface area contributed by atoms with Crippen LogP contribution >= 0.6 is 11.6 Å². The molecule has 0 saturated carbocycles. The van der Waals surface area contributed by atoms with Crippen LogP contribution in [0.3, 0.4) is 0 Å². The van der Waals surface area contributed by atoms with Crippen molar-refractivity contribution in [3.63, 3.8) is 0 Å². The van der Waals surface area contributed by atoms with Crippen LogP contribution in [-0.2, 0) is 0 Å². The van der Waals surface area contributed by atoms with Crippen molar-refractivity contribution in [1.82, 2.24) is 0 Å². The summed E-state index contributed by atoms with van der Waals surface area (Å²) in [7, 11) is 0. The molecule has 2 aromatic carbocycles. The van der Waals surface area contributed by atoms with Gasteiger partial charge in [0.2, 0.25) is 0 Å². The zero-order valence-electron chi connectivity index (χ0n) is 10.2. The molecule has 0 aliphatic heterocycles. The standard InChI is InChI=1S/C14H11ClF3NO/c15-10-6-9(16)2-4-13(10)19-7-14(20)8-1-3-11(17)12(18)5-8/h1-6,14,19-20H,7H2. The average molecular weight is 302 g/mol. The summed E-state index contributed by atoms with van der Waals surface area (Å²) in [6.45, 7) is 0.0242. The third-order valence-electron chi connectivity index (χ3n) is 2.75. The third kappa shape index (κ3) is 3.43. The van der Waals surface area contributed by atoms with E-state index < -0.39 is 23.6 Å². The zero-order valence-corrected chi connectivity index (χ0v) is 11.0. The highest BCUT2D eigenvalue weighted by Crippen LogP contribution is 2.24. The number of hydrogen-bond donors (Lipinski definition) is 2. The molecule has 1 unspecified atom stereocenters. The Balaban J connectivity index is 2.04. The SMILES string of the molecule is OC(CNc1ccc(F)cc1Cl)c1ccc(F)c(F)c1. The number of aliphatic hydroxyl groups excluding tert-OH is 1. The van der Waals surface area contributed by atoms with Gasteiger partial charge in [0.15, 0.2) is 11.6 Å². The molecule has 2 N–H and O–H groups in total. The molecule has 0 amide bonds. The molecule has 6 heteroatoms. The second-order valence-electron chi connectivity index (χ2n) is 4.19. The minimum atomic E-state index is -1.05. The van der Waals surface area contributed by atoms with Gasteiger partial charge in [0.25, 0.3) is 0 Å². The molecule has 0 aliphatic carbocycles. The van der Waals surface area contributed by atoms with Crippen molar-refractivity contribution in [2.45, 2.75) is 6.10 Å². The predicted octanol–water partition coefficient (Wildman–Crippen LogP) is 3.90. The molecule has 1 atom stereocenters. The Kier molecular flexibility index (Phi) is 4.52. The first-order valence-corrected chi connectivity index (χ1v) is 6.17. The Bertz CT molecular complexity index is 621. The molecule has 0 fully saturated rings. The minimum Gasteiger partial charge on any atom is -0.387 e. The fourth-order valence-corrected chi connectivity index (χ4v) is 1.91. The summed E-state index contributed by atoms with van der Waals surface area (Å²) in [4.78, 5) is 0. The highest BCUT2D eigenvalue weighted by atomic mass is 35.5. The lowest BCUT2D eigenvalue weighted by Crippen LogP contribution is -2.12. The van der Waals surface area contributed by atoms with Gasteiger partial charge >= 0.3 is 0 Å². The number of nitrogens with one attached hydrogen (secondary N) is 1. The van der Waals surface area contributed by atoms with E-state index in [2.05, 4.69) is 5.32 Å². The van der Waals surface area contributed by atoms with Crippen LogP contribution < -0.4 is 5.32 Å². The first-order valence-electron chi connectivity index (χ1n) is 5.79. The van der Waals surface area contributed by atoms with Crippen molar-refractivity contribution in [3.8, 4) is 0 Å². The van der Waals surface area contributed by atoms with E-state index in [-0.39, 0.29) is 17.1 Å². The van der Waals surface area contributed by atoms with Crippen molar-refractivity contribution in [3.05, 3.63) is 64.4 Å². The summed E-state index contributed by atoms with van der Waals surface area (Å²) in [5.74, 6) is -2.47. The van der Waals surface area contributed by atoms with Gasteiger partial charge in [-0.3, -0.25) is 0 Å². The molecule has 2 rings (SSSR count). The molecule has 20 heavy (non-hydrogen) atoms. The van der Waals surface area contributed by atoms with Crippen molar-refractivity contribution >= 4 is 17.3 Å². The molecule has 0 heterocycles. The Morgan fingerprint density at radius 3 is 2.45 bits per heavy atom. The van der Waals surface area contributed by atoms with Gasteiger partial charge in [-0.15, -0.1) is 0 Å². The lowest BCUT2D eigenvalue weighted by molar-refractivity contribution is 0.191. The lowest BCUT2D eigenvalue weighted by Gasteiger charge is -2.14. The number of aliphatic hydroxyl groups is 1. The van der Waals surface area contributed by atoms with Crippen molar-refractivity contribution in [2.24, 2.45) is 0 Å². The summed E-state index contributed by atoms with van der Waals surface area (Å²) >= 11 is 5.81. The van der Waals surface area contributed by atoms with Crippen LogP contribution in [0.4, 0.5) is 18.9 Å². The first kappa shape index (κ1) is 14.7. The maximum Gasteiger partial charge on any atom is 0.159 e. The van der Waals surface area contributed by atoms with Crippen LogP contribution in [-0.4, -0.2) is 11.7 Å². The monoisotopic (exact) mass is 301 g/mol. The molecular weight excluding hydrogens is 291 g/mol. The van der Waals surface area contributed by atoms with Gasteiger partial charge in [0.05, 0.1) is 16.8 Å². The van der Waals surface area contributed by atoms with Gasteiger partial charge in [-0.25, -0.2) is 13.2 Å². The highest BCUT2D eigenvalue weighted by molar-refractivity contribution is 6.33. The zero-order chi connectivity index (χ0) is 14.7. The molecule has 106 valence electrons. The minimum absolute atomic E-state index is 0.0242. The van der Waals surface area contributed by atoms with Gasteiger partial charge in [-0.1, -0.05) is 17.7 Å². The Morgan fingerprint density at radius 1 is 1.05 bits per heavy atom. The second-order valence-corrected chi connectivity index (χ2v) is 4.60. The predicted molar refractivity (Wildman–Crippen MR) is 71.2 cm³/mol. The van der Waals surface area contributed by atoms with Gasteiger partial charge < -0.3 is 10.4 Å². The second kappa shape index (κ2) is 6.15. The molecule has 0 aromatic heterocycles. The lowest BCUT2D eigenvalue weighted by atomic mass is 10.1. The maximum atomic E-state index is 13.0. The number of hydrogen-bond acceptors (Lipinski definition) is 2. The van der Waals surface area contributed by atoms with E-state index in [0.717, 1.165) is 18.2 Å². The van der Waals surface area contributed by atoms with E-state index in [1.54, 1.807) is 0 Å². The van der Waals surface area contributed by atoms with Gasteiger partial charge in [-0.05, 0) is 35.9 Å². The quantitative estimate of drug-likeness (QED) is 0.897. The molecular formula is C14H11ClF3NO. The maximum absolute atomic E-state index is 13.0. The largest absolute Gasteiger partial charge is 0.387 e.